The third-order valence-corrected chi connectivity index (χ3v) is 6.48. The Hall–Kier alpha value is -3.10. The smallest absolute Gasteiger partial charge is 0.157 e. The Balaban J connectivity index is 1.82. The van der Waals surface area contributed by atoms with Crippen LogP contribution in [0.25, 0.3) is 40.1 Å². The second-order valence-corrected chi connectivity index (χ2v) is 8.94. The number of halogens is 3. The van der Waals surface area contributed by atoms with E-state index in [0.717, 1.165) is 32.3 Å². The van der Waals surface area contributed by atoms with E-state index in [1.54, 1.807) is 18.2 Å². The summed E-state index contributed by atoms with van der Waals surface area (Å²) in [6, 6.07) is 25.7. The van der Waals surface area contributed by atoms with E-state index >= 15 is 0 Å². The average molecular weight is 519 g/mol. The molecule has 0 saturated heterocycles. The number of benzene rings is 3. The fraction of sp³-hybridized carbons (Fsp3) is 0. The Labute approximate surface area is 203 Å². The Bertz CT molecular complexity index is 1540. The van der Waals surface area contributed by atoms with Crippen LogP contribution >= 0.6 is 39.1 Å². The van der Waals surface area contributed by atoms with E-state index in [-0.39, 0.29) is 0 Å². The summed E-state index contributed by atoms with van der Waals surface area (Å²) < 4.78 is 3.03. The highest BCUT2D eigenvalue weighted by Crippen LogP contribution is 2.32. The molecule has 2 heterocycles. The van der Waals surface area contributed by atoms with Crippen molar-refractivity contribution in [2.75, 3.05) is 0 Å². The first-order valence-electron chi connectivity index (χ1n) is 9.79. The van der Waals surface area contributed by atoms with Crippen molar-refractivity contribution >= 4 is 68.0 Å². The number of pyridine rings is 1. The van der Waals surface area contributed by atoms with Gasteiger partial charge in [-0.3, -0.25) is 4.40 Å². The lowest BCUT2D eigenvalue weighted by atomic mass is 10.0. The molecule has 0 aliphatic rings. The molecule has 0 fully saturated rings. The number of hydrogen-bond acceptors (Lipinski definition) is 2. The van der Waals surface area contributed by atoms with Gasteiger partial charge in [0.1, 0.15) is 11.6 Å². The van der Waals surface area contributed by atoms with Crippen LogP contribution in [0.2, 0.25) is 10.0 Å². The van der Waals surface area contributed by atoms with Gasteiger partial charge in [-0.15, -0.1) is 0 Å². The topological polar surface area (TPSA) is 41.1 Å². The molecule has 3 aromatic carbocycles. The molecule has 0 atom stereocenters. The minimum absolute atomic E-state index is 0.487. The minimum Gasteiger partial charge on any atom is -0.291 e. The van der Waals surface area contributed by atoms with E-state index in [2.05, 4.69) is 22.0 Å². The van der Waals surface area contributed by atoms with Crippen LogP contribution in [-0.2, 0) is 0 Å². The first-order valence-corrected chi connectivity index (χ1v) is 11.3. The van der Waals surface area contributed by atoms with E-state index in [1.807, 2.05) is 71.2 Å². The number of imidazole rings is 1. The zero-order valence-corrected chi connectivity index (χ0v) is 19.7. The van der Waals surface area contributed by atoms with Gasteiger partial charge in [-0.05, 0) is 53.6 Å². The molecule has 2 aromatic heterocycles. The number of rotatable bonds is 3. The van der Waals surface area contributed by atoms with E-state index in [4.69, 9.17) is 28.2 Å². The highest BCUT2D eigenvalue weighted by Gasteiger charge is 2.17. The van der Waals surface area contributed by atoms with Gasteiger partial charge in [0.2, 0.25) is 0 Å². The van der Waals surface area contributed by atoms with Crippen LogP contribution in [0.3, 0.4) is 0 Å². The van der Waals surface area contributed by atoms with Crippen molar-refractivity contribution in [2.45, 2.75) is 0 Å². The molecule has 0 bridgehead atoms. The second-order valence-electron chi connectivity index (χ2n) is 7.21. The zero-order valence-electron chi connectivity index (χ0n) is 16.6. The highest BCUT2D eigenvalue weighted by molar-refractivity contribution is 9.10. The maximum atomic E-state index is 10.1. The van der Waals surface area contributed by atoms with Crippen molar-refractivity contribution in [2.24, 2.45) is 0 Å². The lowest BCUT2D eigenvalue weighted by molar-refractivity contribution is 1.21. The van der Waals surface area contributed by atoms with Crippen molar-refractivity contribution < 1.29 is 0 Å². The predicted molar refractivity (Wildman–Crippen MR) is 136 cm³/mol. The molecule has 6 heteroatoms. The van der Waals surface area contributed by atoms with E-state index < -0.39 is 0 Å². The van der Waals surface area contributed by atoms with Crippen molar-refractivity contribution in [1.82, 2.24) is 9.38 Å². The largest absolute Gasteiger partial charge is 0.291 e. The summed E-state index contributed by atoms with van der Waals surface area (Å²) in [5.41, 5.74) is 6.27. The van der Waals surface area contributed by atoms with Crippen molar-refractivity contribution in [1.29, 1.82) is 5.26 Å². The summed E-state index contributed by atoms with van der Waals surface area (Å²) in [6.45, 7) is 0. The third-order valence-electron chi connectivity index (χ3n) is 5.29. The molecule has 0 amide bonds. The van der Waals surface area contributed by atoms with Crippen LogP contribution in [0.15, 0.2) is 77.3 Å². The number of nitriles is 1. The lowest BCUT2D eigenvalue weighted by Gasteiger charge is -2.11. The number of hydrogen-bond donors (Lipinski definition) is 0. The summed E-state index contributed by atoms with van der Waals surface area (Å²) in [5, 5.41) is 11.1. The molecule has 0 radical (unpaired) electrons. The van der Waals surface area contributed by atoms with Crippen molar-refractivity contribution in [3.63, 3.8) is 0 Å². The number of aromatic nitrogens is 2. The summed E-state index contributed by atoms with van der Waals surface area (Å²) >= 11 is 16.2. The SMILES string of the molecule is N#Cc1c(C=Cc2c(Cl)cccc2Cl)cc(-c2ccc(Br)cc2)n2c1nc1ccccc12. The fourth-order valence-corrected chi connectivity index (χ4v) is 4.56. The van der Waals surface area contributed by atoms with Crippen molar-refractivity contribution in [3.8, 4) is 17.3 Å². The normalized spacial score (nSPS) is 11.4. The van der Waals surface area contributed by atoms with E-state index in [0.29, 0.717) is 26.8 Å². The molecule has 0 saturated carbocycles. The molecule has 0 unspecified atom stereocenters. The summed E-state index contributed by atoms with van der Waals surface area (Å²) in [6.07, 6.45) is 3.71. The van der Waals surface area contributed by atoms with Gasteiger partial charge in [-0.25, -0.2) is 4.98 Å². The standard InChI is InChI=1S/C26H14BrCl2N3/c27-18-11-8-16(9-12-18)25-14-17(10-13-19-21(28)4-3-5-22(19)29)20(15-30)26-31-23-6-1-2-7-24(23)32(25)26/h1-14H. The average Bonchev–Trinajstić information content (AvgIpc) is 3.18. The predicted octanol–water partition coefficient (Wildman–Crippen LogP) is 8.27. The molecule has 32 heavy (non-hydrogen) atoms. The van der Waals surface area contributed by atoms with Gasteiger partial charge in [-0.1, -0.05) is 81.6 Å². The minimum atomic E-state index is 0.487. The van der Waals surface area contributed by atoms with Gasteiger partial charge in [0, 0.05) is 20.1 Å². The van der Waals surface area contributed by atoms with Gasteiger partial charge in [-0.2, -0.15) is 5.26 Å². The first kappa shape index (κ1) is 20.8. The van der Waals surface area contributed by atoms with E-state index in [9.17, 15) is 5.26 Å². The van der Waals surface area contributed by atoms with Crippen molar-refractivity contribution in [3.05, 3.63) is 104 Å². The maximum absolute atomic E-state index is 10.1. The van der Waals surface area contributed by atoms with Crippen LogP contribution in [0.5, 0.6) is 0 Å². The zero-order chi connectivity index (χ0) is 22.2. The Kier molecular flexibility index (Phi) is 5.48. The lowest BCUT2D eigenvalue weighted by Crippen LogP contribution is -1.98. The number of fused-ring (bicyclic) bond motifs is 3. The van der Waals surface area contributed by atoms with E-state index in [1.165, 1.54) is 0 Å². The number of para-hydroxylation sites is 2. The molecule has 3 nitrogen and oxygen atoms in total. The van der Waals surface area contributed by atoms with Crippen LogP contribution in [-0.4, -0.2) is 9.38 Å². The van der Waals surface area contributed by atoms with Gasteiger partial charge in [0.05, 0.1) is 16.7 Å². The van der Waals surface area contributed by atoms with Crippen LogP contribution in [0.4, 0.5) is 0 Å². The molecule has 0 spiro atoms. The molecule has 0 N–H and O–H groups in total. The fourth-order valence-electron chi connectivity index (χ4n) is 3.77. The van der Waals surface area contributed by atoms with Crippen LogP contribution in [0, 0.1) is 11.3 Å². The van der Waals surface area contributed by atoms with Gasteiger partial charge in [0.25, 0.3) is 0 Å². The number of nitrogens with zero attached hydrogens (tertiary/aromatic N) is 3. The van der Waals surface area contributed by atoms with Crippen LogP contribution < -0.4 is 0 Å². The first-order chi connectivity index (χ1) is 15.6. The van der Waals surface area contributed by atoms with Gasteiger partial charge in [0.15, 0.2) is 5.65 Å². The maximum Gasteiger partial charge on any atom is 0.157 e. The van der Waals surface area contributed by atoms with Crippen LogP contribution in [0.1, 0.15) is 16.7 Å². The Morgan fingerprint density at radius 2 is 1.62 bits per heavy atom. The van der Waals surface area contributed by atoms with Gasteiger partial charge >= 0.3 is 0 Å². The molecule has 5 aromatic rings. The highest BCUT2D eigenvalue weighted by atomic mass is 79.9. The molecular formula is C26H14BrCl2N3. The molecule has 5 rings (SSSR count). The summed E-state index contributed by atoms with van der Waals surface area (Å²) in [4.78, 5) is 4.79. The monoisotopic (exact) mass is 517 g/mol. The Morgan fingerprint density at radius 3 is 2.34 bits per heavy atom. The Morgan fingerprint density at radius 1 is 0.906 bits per heavy atom. The second kappa shape index (κ2) is 8.44. The molecule has 154 valence electrons. The molecule has 0 aliphatic carbocycles. The van der Waals surface area contributed by atoms with Gasteiger partial charge < -0.3 is 0 Å². The summed E-state index contributed by atoms with van der Waals surface area (Å²) in [5.74, 6) is 0. The summed E-state index contributed by atoms with van der Waals surface area (Å²) in [7, 11) is 0. The molecular weight excluding hydrogens is 505 g/mol. The third kappa shape index (κ3) is 3.59. The quantitative estimate of drug-likeness (QED) is 0.241. The molecule has 0 aliphatic heterocycles.